The van der Waals surface area contributed by atoms with E-state index in [1.165, 1.54) is 6.26 Å². The van der Waals surface area contributed by atoms with Gasteiger partial charge in [0.2, 0.25) is 0 Å². The third-order valence-electron chi connectivity index (χ3n) is 2.06. The molecule has 1 heterocycles. The van der Waals surface area contributed by atoms with E-state index in [0.717, 1.165) is 8.95 Å². The highest BCUT2D eigenvalue weighted by molar-refractivity contribution is 9.11. The number of carbonyl (C=O) groups excluding carboxylic acids is 1. The minimum absolute atomic E-state index is 0.0222. The number of rotatable bonds is 4. The first-order valence-electron chi connectivity index (χ1n) is 5.35. The zero-order valence-corrected chi connectivity index (χ0v) is 13.0. The predicted octanol–water partition coefficient (Wildman–Crippen LogP) is 4.17. The van der Waals surface area contributed by atoms with Crippen LogP contribution in [0.25, 0.3) is 0 Å². The van der Waals surface area contributed by atoms with Crippen LogP contribution in [-0.4, -0.2) is 17.6 Å². The maximum Gasteiger partial charge on any atom is 0.399 e. The van der Waals surface area contributed by atoms with E-state index in [1.807, 2.05) is 12.1 Å². The van der Waals surface area contributed by atoms with E-state index in [4.69, 9.17) is 13.9 Å². The summed E-state index contributed by atoms with van der Waals surface area (Å²) in [7, 11) is 0. The molecule has 100 valence electrons. The Kier molecular flexibility index (Phi) is 4.60. The average molecular weight is 391 g/mol. The van der Waals surface area contributed by atoms with Crippen LogP contribution in [0.5, 0.6) is 11.8 Å². The van der Waals surface area contributed by atoms with Gasteiger partial charge in [-0.2, -0.15) is 4.98 Å². The molecule has 1 aromatic heterocycles. The Bertz CT molecular complexity index is 597. The summed E-state index contributed by atoms with van der Waals surface area (Å²) in [6, 6.07) is 5.38. The van der Waals surface area contributed by atoms with E-state index in [1.54, 1.807) is 13.0 Å². The summed E-state index contributed by atoms with van der Waals surface area (Å²) in [6.45, 7) is 1.99. The summed E-state index contributed by atoms with van der Waals surface area (Å²) in [5.41, 5.74) is 0.0742. The number of benzene rings is 1. The van der Waals surface area contributed by atoms with Gasteiger partial charge in [0, 0.05) is 4.47 Å². The van der Waals surface area contributed by atoms with Crippen LogP contribution in [0.3, 0.4) is 0 Å². The largest absolute Gasteiger partial charge is 0.461 e. The average Bonchev–Trinajstić information content (AvgIpc) is 2.82. The van der Waals surface area contributed by atoms with E-state index >= 15 is 0 Å². The molecule has 2 rings (SSSR count). The van der Waals surface area contributed by atoms with Gasteiger partial charge in [0.1, 0.15) is 12.0 Å². The molecular weight excluding hydrogens is 382 g/mol. The molecule has 1 aromatic carbocycles. The Labute approximate surface area is 126 Å². The minimum atomic E-state index is -0.545. The van der Waals surface area contributed by atoms with Gasteiger partial charge < -0.3 is 13.9 Å². The highest BCUT2D eigenvalue weighted by atomic mass is 79.9. The zero-order chi connectivity index (χ0) is 13.8. The molecule has 0 aliphatic rings. The second-order valence-corrected chi connectivity index (χ2v) is 5.17. The molecule has 5 nitrogen and oxygen atoms in total. The van der Waals surface area contributed by atoms with Crippen molar-refractivity contribution in [2.24, 2.45) is 0 Å². The van der Waals surface area contributed by atoms with Crippen LogP contribution in [-0.2, 0) is 4.74 Å². The highest BCUT2D eigenvalue weighted by Gasteiger charge is 2.15. The van der Waals surface area contributed by atoms with Gasteiger partial charge in [0.25, 0.3) is 0 Å². The van der Waals surface area contributed by atoms with E-state index in [-0.39, 0.29) is 18.4 Å². The first-order valence-corrected chi connectivity index (χ1v) is 6.94. The fourth-order valence-corrected chi connectivity index (χ4v) is 2.38. The fourth-order valence-electron chi connectivity index (χ4n) is 1.25. The summed E-state index contributed by atoms with van der Waals surface area (Å²) < 4.78 is 16.9. The number of oxazole rings is 1. The van der Waals surface area contributed by atoms with E-state index in [9.17, 15) is 4.79 Å². The van der Waals surface area contributed by atoms with Crippen LogP contribution in [0.2, 0.25) is 0 Å². The Morgan fingerprint density at radius 2 is 2.21 bits per heavy atom. The van der Waals surface area contributed by atoms with Crippen molar-refractivity contribution in [1.29, 1.82) is 0 Å². The number of aromatic nitrogens is 1. The molecule has 0 aliphatic carbocycles. The van der Waals surface area contributed by atoms with Crippen LogP contribution in [0, 0.1) is 0 Å². The van der Waals surface area contributed by atoms with Crippen molar-refractivity contribution in [2.75, 3.05) is 6.61 Å². The molecule has 7 heteroatoms. The van der Waals surface area contributed by atoms with Crippen molar-refractivity contribution >= 4 is 37.8 Å². The smallest absolute Gasteiger partial charge is 0.399 e. The quantitative estimate of drug-likeness (QED) is 0.733. The summed E-state index contributed by atoms with van der Waals surface area (Å²) in [5, 5.41) is 0. The molecule has 0 N–H and O–H groups in total. The molecule has 0 amide bonds. The third kappa shape index (κ3) is 3.57. The maximum atomic E-state index is 11.4. The van der Waals surface area contributed by atoms with Crippen molar-refractivity contribution in [2.45, 2.75) is 6.92 Å². The van der Waals surface area contributed by atoms with Crippen LogP contribution in [0.4, 0.5) is 0 Å². The fraction of sp³-hybridized carbons (Fsp3) is 0.167. The molecule has 0 spiro atoms. The predicted molar refractivity (Wildman–Crippen MR) is 74.4 cm³/mol. The Morgan fingerprint density at radius 1 is 1.42 bits per heavy atom. The van der Waals surface area contributed by atoms with E-state index in [2.05, 4.69) is 36.8 Å². The van der Waals surface area contributed by atoms with Gasteiger partial charge in [0.05, 0.1) is 11.1 Å². The number of hydrogen-bond donors (Lipinski definition) is 0. The second kappa shape index (κ2) is 6.21. The van der Waals surface area contributed by atoms with E-state index < -0.39 is 5.97 Å². The van der Waals surface area contributed by atoms with Gasteiger partial charge in [0.15, 0.2) is 5.69 Å². The standard InChI is InChI=1S/C12H9Br2NO4/c1-2-17-11(16)9-6-18-12(15-9)19-10-4-3-7(13)5-8(10)14/h3-6H,2H2,1H3. The lowest BCUT2D eigenvalue weighted by atomic mass is 10.3. The molecule has 0 aliphatic heterocycles. The maximum absolute atomic E-state index is 11.4. The summed E-state index contributed by atoms with van der Waals surface area (Å²) in [4.78, 5) is 15.3. The van der Waals surface area contributed by atoms with Crippen LogP contribution < -0.4 is 4.74 Å². The molecule has 0 radical (unpaired) electrons. The van der Waals surface area contributed by atoms with Crippen LogP contribution >= 0.6 is 31.9 Å². The molecule has 0 unspecified atom stereocenters. The second-order valence-electron chi connectivity index (χ2n) is 3.40. The van der Waals surface area contributed by atoms with Crippen molar-refractivity contribution in [3.8, 4) is 11.8 Å². The lowest BCUT2D eigenvalue weighted by Crippen LogP contribution is -2.04. The van der Waals surface area contributed by atoms with Gasteiger partial charge in [-0.15, -0.1) is 0 Å². The minimum Gasteiger partial charge on any atom is -0.461 e. The molecule has 0 bridgehead atoms. The monoisotopic (exact) mass is 389 g/mol. The molecule has 0 saturated heterocycles. The summed E-state index contributed by atoms with van der Waals surface area (Å²) in [5.74, 6) is -0.0172. The first-order chi connectivity index (χ1) is 9.10. The van der Waals surface area contributed by atoms with Crippen molar-refractivity contribution in [3.63, 3.8) is 0 Å². The Morgan fingerprint density at radius 3 is 2.89 bits per heavy atom. The number of halogens is 2. The molecule has 0 saturated carbocycles. The normalized spacial score (nSPS) is 10.3. The lowest BCUT2D eigenvalue weighted by molar-refractivity contribution is 0.0519. The van der Waals surface area contributed by atoms with Gasteiger partial charge in [-0.3, -0.25) is 0 Å². The highest BCUT2D eigenvalue weighted by Crippen LogP contribution is 2.31. The van der Waals surface area contributed by atoms with E-state index in [0.29, 0.717) is 5.75 Å². The lowest BCUT2D eigenvalue weighted by Gasteiger charge is -2.03. The van der Waals surface area contributed by atoms with Crippen LogP contribution in [0.1, 0.15) is 17.4 Å². The number of ether oxygens (including phenoxy) is 2. The van der Waals surface area contributed by atoms with Crippen molar-refractivity contribution in [3.05, 3.63) is 39.1 Å². The molecular formula is C12H9Br2NO4. The van der Waals surface area contributed by atoms with Crippen molar-refractivity contribution in [1.82, 2.24) is 4.98 Å². The molecule has 0 atom stereocenters. The topological polar surface area (TPSA) is 61.6 Å². The summed E-state index contributed by atoms with van der Waals surface area (Å²) >= 11 is 6.69. The van der Waals surface area contributed by atoms with Gasteiger partial charge in [-0.1, -0.05) is 15.9 Å². The summed E-state index contributed by atoms with van der Waals surface area (Å²) in [6.07, 6.45) is 1.17. The van der Waals surface area contributed by atoms with Gasteiger partial charge >= 0.3 is 12.0 Å². The van der Waals surface area contributed by atoms with Gasteiger partial charge in [-0.25, -0.2) is 4.79 Å². The molecule has 0 fully saturated rings. The zero-order valence-electron chi connectivity index (χ0n) is 9.85. The first kappa shape index (κ1) is 14.1. The van der Waals surface area contributed by atoms with Crippen LogP contribution in [0.15, 0.2) is 37.8 Å². The Balaban J connectivity index is 2.13. The number of esters is 1. The SMILES string of the molecule is CCOC(=O)c1coc(Oc2ccc(Br)cc2Br)n1. The Hall–Kier alpha value is -1.34. The molecule has 2 aromatic rings. The number of hydrogen-bond acceptors (Lipinski definition) is 5. The van der Waals surface area contributed by atoms with Crippen molar-refractivity contribution < 1.29 is 18.7 Å². The number of nitrogens with zero attached hydrogens (tertiary/aromatic N) is 1. The number of carbonyl (C=O) groups is 1. The molecule has 19 heavy (non-hydrogen) atoms. The van der Waals surface area contributed by atoms with Gasteiger partial charge in [-0.05, 0) is 41.1 Å². The third-order valence-corrected chi connectivity index (χ3v) is 3.17.